The van der Waals surface area contributed by atoms with Crippen LogP contribution in [-0.4, -0.2) is 56.2 Å². The number of H-pyrrole nitrogens is 2. The number of carboxylic acid groups (broad SMARTS) is 1. The average Bonchev–Trinajstić information content (AvgIpc) is 3.76. The van der Waals surface area contributed by atoms with Crippen molar-refractivity contribution >= 4 is 63.3 Å². The zero-order valence-corrected chi connectivity index (χ0v) is 25.8. The normalized spacial score (nSPS) is 18.8. The maximum Gasteiger partial charge on any atom is 0.321 e. The number of nitrogens with zero attached hydrogens (tertiary/aromatic N) is 2. The first-order chi connectivity index (χ1) is 21.5. The number of esters is 1. The fraction of sp³-hybridized carbons (Fsp3) is 0.314. The molecule has 1 aliphatic carbocycles. The van der Waals surface area contributed by atoms with Crippen LogP contribution in [0.1, 0.15) is 106 Å². The molecule has 3 atom stereocenters. The fourth-order valence-electron chi connectivity index (χ4n) is 7.04. The summed E-state index contributed by atoms with van der Waals surface area (Å²) < 4.78 is 5.11. The third-order valence-corrected chi connectivity index (χ3v) is 9.46. The standard InChI is InChI=1S/C35H34N4O6/c1-7-18-15(3)22-11-23-16(4)20(9-10-28(41)42)32(38-23)30-31(35(44)45-6)34(43)29-17(5)24(39-33(29)30)12-26-19(8-2)21(14-40)27(37-26)13-25(18)36-22/h7,11-14,16,20,31,36,39H,1,8-10H2,2-6H3,(H,41,42)/t16-,20-,31+/m0/s1. The van der Waals surface area contributed by atoms with Crippen molar-refractivity contribution in [3.63, 3.8) is 0 Å². The Morgan fingerprint density at radius 2 is 1.78 bits per heavy atom. The molecule has 0 fully saturated rings. The molecule has 0 saturated heterocycles. The summed E-state index contributed by atoms with van der Waals surface area (Å²) >= 11 is 0. The van der Waals surface area contributed by atoms with Gasteiger partial charge in [-0.1, -0.05) is 26.5 Å². The molecule has 3 N–H and O–H groups in total. The third kappa shape index (κ3) is 4.54. The molecule has 0 spiro atoms. The van der Waals surface area contributed by atoms with E-state index in [2.05, 4.69) is 16.5 Å². The van der Waals surface area contributed by atoms with Crippen molar-refractivity contribution in [3.05, 3.63) is 75.4 Å². The molecular weight excluding hydrogens is 572 g/mol. The molecule has 6 rings (SSSR count). The Morgan fingerprint density at radius 3 is 2.42 bits per heavy atom. The molecule has 5 heterocycles. The number of rotatable bonds is 7. The van der Waals surface area contributed by atoms with Crippen molar-refractivity contribution in [2.75, 3.05) is 7.11 Å². The Bertz CT molecular complexity index is 2050. The van der Waals surface area contributed by atoms with Gasteiger partial charge in [0.1, 0.15) is 5.92 Å². The molecule has 0 radical (unpaired) electrons. The number of aryl methyl sites for hydroxylation is 2. The van der Waals surface area contributed by atoms with Gasteiger partial charge in [0.15, 0.2) is 12.1 Å². The molecule has 0 amide bonds. The number of fused-ring (bicyclic) bond motifs is 8. The minimum Gasteiger partial charge on any atom is -0.481 e. The van der Waals surface area contributed by atoms with E-state index in [1.165, 1.54) is 7.11 Å². The minimum absolute atomic E-state index is 0.105. The van der Waals surface area contributed by atoms with Gasteiger partial charge in [-0.15, -0.1) is 0 Å². The Morgan fingerprint density at radius 1 is 1.07 bits per heavy atom. The molecule has 10 nitrogen and oxygen atoms in total. The van der Waals surface area contributed by atoms with Gasteiger partial charge in [0.25, 0.3) is 0 Å². The number of methoxy groups -OCH3 is 1. The monoisotopic (exact) mass is 606 g/mol. The smallest absolute Gasteiger partial charge is 0.321 e. The Kier molecular flexibility index (Phi) is 7.39. The summed E-state index contributed by atoms with van der Waals surface area (Å²) in [5, 5.41) is 9.59. The molecule has 3 aromatic rings. The number of hydrogen-bond acceptors (Lipinski definition) is 7. The molecule has 0 unspecified atom stereocenters. The van der Waals surface area contributed by atoms with E-state index in [4.69, 9.17) is 14.7 Å². The molecule has 2 aliphatic heterocycles. The average molecular weight is 607 g/mol. The molecular formula is C35H34N4O6. The lowest BCUT2D eigenvalue weighted by Gasteiger charge is -2.18. The maximum absolute atomic E-state index is 14.0. The van der Waals surface area contributed by atoms with Crippen molar-refractivity contribution in [2.24, 2.45) is 0 Å². The molecule has 3 aromatic heterocycles. The second-order valence-corrected chi connectivity index (χ2v) is 11.8. The first-order valence-corrected chi connectivity index (χ1v) is 15.0. The van der Waals surface area contributed by atoms with E-state index in [0.717, 1.165) is 34.0 Å². The number of aromatic nitrogens is 4. The Balaban J connectivity index is 1.83. The summed E-state index contributed by atoms with van der Waals surface area (Å²) in [5.41, 5.74) is 9.31. The summed E-state index contributed by atoms with van der Waals surface area (Å²) in [4.78, 5) is 68.0. The number of carbonyl (C=O) groups is 4. The summed E-state index contributed by atoms with van der Waals surface area (Å²) in [7, 11) is 1.24. The molecule has 0 saturated carbocycles. The van der Waals surface area contributed by atoms with Crippen LogP contribution in [0.3, 0.4) is 0 Å². The van der Waals surface area contributed by atoms with E-state index < -0.39 is 23.6 Å². The van der Waals surface area contributed by atoms with Crippen LogP contribution in [0, 0.1) is 13.8 Å². The van der Waals surface area contributed by atoms with Crippen LogP contribution >= 0.6 is 0 Å². The molecule has 8 bridgehead atoms. The SMILES string of the molecule is C=Cc1c(C)c2cc3nc(c4c5[nH]c(cc6nc(cc1[nH]2)C(C=O)=C6CC)c(C)c5C(=O)[C@@H]4C(=O)OC)[C@@H](CCC(=O)O)[C@@H]3C. The van der Waals surface area contributed by atoms with Gasteiger partial charge in [0.2, 0.25) is 0 Å². The number of carboxylic acids is 1. The van der Waals surface area contributed by atoms with Crippen LogP contribution in [0.4, 0.5) is 0 Å². The van der Waals surface area contributed by atoms with Crippen molar-refractivity contribution in [3.8, 4) is 0 Å². The topological polar surface area (TPSA) is 155 Å². The van der Waals surface area contributed by atoms with Crippen LogP contribution in [0.5, 0.6) is 0 Å². The van der Waals surface area contributed by atoms with E-state index in [1.54, 1.807) is 13.0 Å². The highest BCUT2D eigenvalue weighted by Gasteiger charge is 2.45. The Hall–Kier alpha value is -5.12. The molecule has 45 heavy (non-hydrogen) atoms. The second kappa shape index (κ2) is 11.1. The number of aromatic amines is 2. The molecule has 0 aromatic carbocycles. The van der Waals surface area contributed by atoms with Crippen LogP contribution in [0.15, 0.2) is 24.8 Å². The predicted octanol–water partition coefficient (Wildman–Crippen LogP) is 6.30. The lowest BCUT2D eigenvalue weighted by molar-refractivity contribution is -0.141. The first-order valence-electron chi connectivity index (χ1n) is 15.0. The van der Waals surface area contributed by atoms with E-state index in [1.807, 2.05) is 39.0 Å². The quantitative estimate of drug-likeness (QED) is 0.161. The van der Waals surface area contributed by atoms with Crippen molar-refractivity contribution in [2.45, 2.75) is 64.7 Å². The molecule has 10 heteroatoms. The number of nitrogens with one attached hydrogen (secondary N) is 2. The van der Waals surface area contributed by atoms with Crippen LogP contribution in [0.25, 0.3) is 39.3 Å². The molecule has 230 valence electrons. The van der Waals surface area contributed by atoms with Crippen LogP contribution in [-0.2, 0) is 19.1 Å². The van der Waals surface area contributed by atoms with Gasteiger partial charge in [0, 0.05) is 62.8 Å². The van der Waals surface area contributed by atoms with E-state index >= 15 is 0 Å². The summed E-state index contributed by atoms with van der Waals surface area (Å²) in [6.07, 6.45) is 3.28. The number of aldehydes is 1. The Labute approximate surface area is 259 Å². The number of ketones is 1. The van der Waals surface area contributed by atoms with Crippen molar-refractivity contribution < 1.29 is 29.0 Å². The highest BCUT2D eigenvalue weighted by Crippen LogP contribution is 2.48. The lowest BCUT2D eigenvalue weighted by Crippen LogP contribution is -2.21. The summed E-state index contributed by atoms with van der Waals surface area (Å²) in [6.45, 7) is 11.7. The van der Waals surface area contributed by atoms with Gasteiger partial charge < -0.3 is 19.8 Å². The third-order valence-electron chi connectivity index (χ3n) is 9.46. The fourth-order valence-corrected chi connectivity index (χ4v) is 7.04. The van der Waals surface area contributed by atoms with Crippen LogP contribution in [0.2, 0.25) is 0 Å². The maximum atomic E-state index is 14.0. The summed E-state index contributed by atoms with van der Waals surface area (Å²) in [5.74, 6) is -3.89. The largest absolute Gasteiger partial charge is 0.481 e. The van der Waals surface area contributed by atoms with E-state index in [-0.39, 0.29) is 24.7 Å². The van der Waals surface area contributed by atoms with Crippen molar-refractivity contribution in [1.82, 2.24) is 19.9 Å². The van der Waals surface area contributed by atoms with Gasteiger partial charge in [-0.3, -0.25) is 24.2 Å². The van der Waals surface area contributed by atoms with Gasteiger partial charge in [-0.05, 0) is 61.6 Å². The van der Waals surface area contributed by atoms with Gasteiger partial charge in [0.05, 0.1) is 29.7 Å². The number of hydrogen-bond donors (Lipinski definition) is 3. The predicted molar refractivity (Wildman–Crippen MR) is 171 cm³/mol. The molecule has 3 aliphatic rings. The number of Topliss-reactive ketones (excluding diaryl/α,β-unsaturated/α-hetero) is 1. The van der Waals surface area contributed by atoms with Crippen molar-refractivity contribution in [1.29, 1.82) is 0 Å². The highest BCUT2D eigenvalue weighted by atomic mass is 16.5. The highest BCUT2D eigenvalue weighted by molar-refractivity contribution is 6.24. The van der Waals surface area contributed by atoms with E-state index in [9.17, 15) is 24.3 Å². The van der Waals surface area contributed by atoms with Gasteiger partial charge in [-0.2, -0.15) is 0 Å². The number of carbonyl (C=O) groups excluding carboxylic acids is 3. The minimum atomic E-state index is -1.24. The number of allylic oxidation sites excluding steroid dienone is 2. The number of ether oxygens (including phenoxy) is 1. The van der Waals surface area contributed by atoms with Gasteiger partial charge in [-0.25, -0.2) is 4.98 Å². The van der Waals surface area contributed by atoms with E-state index in [0.29, 0.717) is 62.5 Å². The number of aliphatic carboxylic acids is 1. The zero-order chi connectivity index (χ0) is 32.3. The zero-order valence-electron chi connectivity index (χ0n) is 25.8. The van der Waals surface area contributed by atoms with Crippen LogP contribution < -0.4 is 0 Å². The summed E-state index contributed by atoms with van der Waals surface area (Å²) in [6, 6.07) is 5.59. The lowest BCUT2D eigenvalue weighted by atomic mass is 9.84. The first kappa shape index (κ1) is 29.9. The van der Waals surface area contributed by atoms with Gasteiger partial charge >= 0.3 is 11.9 Å². The second-order valence-electron chi connectivity index (χ2n) is 11.8.